The Bertz CT molecular complexity index is 992. The Labute approximate surface area is 172 Å². The van der Waals surface area contributed by atoms with Gasteiger partial charge in [0.05, 0.1) is 11.4 Å². The van der Waals surface area contributed by atoms with Crippen LogP contribution in [0.25, 0.3) is 0 Å². The molecular formula is C21H19ClN4O3. The number of nitrogen functional groups attached to an aromatic ring is 1. The van der Waals surface area contributed by atoms with Crippen LogP contribution in [-0.4, -0.2) is 17.0 Å². The first-order chi connectivity index (χ1) is 14.0. The van der Waals surface area contributed by atoms with Crippen molar-refractivity contribution in [2.45, 2.75) is 13.2 Å². The molecule has 3 aromatic rings. The highest BCUT2D eigenvalue weighted by molar-refractivity contribution is 6.29. The molecule has 7 nitrogen and oxygen atoms in total. The van der Waals surface area contributed by atoms with Gasteiger partial charge in [-0.05, 0) is 35.9 Å². The van der Waals surface area contributed by atoms with E-state index in [0.29, 0.717) is 22.1 Å². The number of hydrogen-bond donors (Lipinski definition) is 3. The molecule has 0 aliphatic heterocycles. The quantitative estimate of drug-likeness (QED) is 0.420. The molecule has 29 heavy (non-hydrogen) atoms. The van der Waals surface area contributed by atoms with Crippen LogP contribution in [0, 0.1) is 0 Å². The maximum absolute atomic E-state index is 12.3. The second-order valence-electron chi connectivity index (χ2n) is 6.16. The van der Waals surface area contributed by atoms with Gasteiger partial charge in [-0.1, -0.05) is 41.9 Å². The summed E-state index contributed by atoms with van der Waals surface area (Å²) < 4.78 is 5.12. The molecule has 0 fully saturated rings. The number of anilines is 2. The van der Waals surface area contributed by atoms with E-state index in [4.69, 9.17) is 22.1 Å². The number of carbonyl (C=O) groups is 2. The molecule has 1 aromatic heterocycles. The van der Waals surface area contributed by atoms with E-state index in [9.17, 15) is 9.59 Å². The van der Waals surface area contributed by atoms with E-state index in [1.165, 1.54) is 0 Å². The number of carbonyl (C=O) groups excluding carboxylic acids is 2. The zero-order chi connectivity index (χ0) is 20.6. The van der Waals surface area contributed by atoms with Gasteiger partial charge in [0.2, 0.25) is 0 Å². The van der Waals surface area contributed by atoms with Crippen LogP contribution in [-0.2, 0) is 17.9 Å². The van der Waals surface area contributed by atoms with Gasteiger partial charge in [0.15, 0.2) is 0 Å². The van der Waals surface area contributed by atoms with Crippen molar-refractivity contribution in [3.05, 3.63) is 88.7 Å². The first kappa shape index (κ1) is 20.2. The molecule has 0 unspecified atom stereocenters. The molecule has 0 radical (unpaired) electrons. The number of nitrogens with one attached hydrogen (secondary N) is 2. The van der Waals surface area contributed by atoms with Crippen LogP contribution in [0.2, 0.25) is 5.15 Å². The fraction of sp³-hybridized carbons (Fsp3) is 0.0952. The highest BCUT2D eigenvalue weighted by Crippen LogP contribution is 2.18. The number of aromatic nitrogens is 1. The van der Waals surface area contributed by atoms with E-state index >= 15 is 0 Å². The Hall–Kier alpha value is -3.58. The topological polar surface area (TPSA) is 106 Å². The van der Waals surface area contributed by atoms with Crippen LogP contribution in [0.3, 0.4) is 0 Å². The average Bonchev–Trinajstić information content (AvgIpc) is 2.74. The lowest BCUT2D eigenvalue weighted by Crippen LogP contribution is -2.23. The lowest BCUT2D eigenvalue weighted by atomic mass is 10.1. The fourth-order valence-corrected chi connectivity index (χ4v) is 2.56. The predicted octanol–water partition coefficient (Wildman–Crippen LogP) is 4.00. The van der Waals surface area contributed by atoms with Crippen LogP contribution in [0.1, 0.15) is 21.5 Å². The summed E-state index contributed by atoms with van der Waals surface area (Å²) in [6.07, 6.45) is 0.990. The summed E-state index contributed by atoms with van der Waals surface area (Å²) in [4.78, 5) is 28.0. The molecule has 8 heteroatoms. The van der Waals surface area contributed by atoms with Crippen LogP contribution >= 0.6 is 11.6 Å². The predicted molar refractivity (Wildman–Crippen MR) is 112 cm³/mol. The van der Waals surface area contributed by atoms with Gasteiger partial charge >= 0.3 is 6.09 Å². The van der Waals surface area contributed by atoms with Gasteiger partial charge in [0.25, 0.3) is 5.91 Å². The second kappa shape index (κ2) is 9.57. The molecule has 0 saturated heterocycles. The lowest BCUT2D eigenvalue weighted by Gasteiger charge is -2.09. The number of amides is 2. The Morgan fingerprint density at radius 2 is 1.72 bits per heavy atom. The SMILES string of the molecule is Nc1ccccc1NC(=O)c1ccc(CNC(=O)OCc2ccc(Cl)nc2)cc1. The molecule has 0 aliphatic carbocycles. The third kappa shape index (κ3) is 5.95. The fourth-order valence-electron chi connectivity index (χ4n) is 2.45. The highest BCUT2D eigenvalue weighted by atomic mass is 35.5. The summed E-state index contributed by atoms with van der Waals surface area (Å²) in [7, 11) is 0. The number of hydrogen-bond acceptors (Lipinski definition) is 5. The Kier molecular flexibility index (Phi) is 6.65. The van der Waals surface area contributed by atoms with Crippen LogP contribution in [0.15, 0.2) is 66.9 Å². The van der Waals surface area contributed by atoms with Crippen molar-refractivity contribution in [3.8, 4) is 0 Å². The summed E-state index contributed by atoms with van der Waals surface area (Å²) in [5.74, 6) is -0.265. The number of alkyl carbamates (subject to hydrolysis) is 1. The summed E-state index contributed by atoms with van der Waals surface area (Å²) >= 11 is 5.71. The van der Waals surface area contributed by atoms with E-state index in [2.05, 4.69) is 15.6 Å². The molecular weight excluding hydrogens is 392 g/mol. The van der Waals surface area contributed by atoms with Gasteiger partial charge in [0.1, 0.15) is 11.8 Å². The van der Waals surface area contributed by atoms with Crippen molar-refractivity contribution in [1.82, 2.24) is 10.3 Å². The molecule has 0 atom stereocenters. The van der Waals surface area contributed by atoms with Crippen molar-refractivity contribution in [2.75, 3.05) is 11.1 Å². The maximum Gasteiger partial charge on any atom is 0.407 e. The standard InChI is InChI=1S/C21H19ClN4O3/c22-19-10-7-15(12-24-19)13-29-21(28)25-11-14-5-8-16(9-6-14)20(27)26-18-4-2-1-3-17(18)23/h1-10,12H,11,13,23H2,(H,25,28)(H,26,27). The maximum atomic E-state index is 12.3. The third-order valence-electron chi connectivity index (χ3n) is 4.02. The van der Waals surface area contributed by atoms with E-state index in [-0.39, 0.29) is 19.1 Å². The molecule has 0 spiro atoms. The minimum absolute atomic E-state index is 0.0950. The number of halogens is 1. The van der Waals surface area contributed by atoms with Crippen molar-refractivity contribution in [2.24, 2.45) is 0 Å². The van der Waals surface area contributed by atoms with Gasteiger partial charge in [-0.15, -0.1) is 0 Å². The minimum Gasteiger partial charge on any atom is -0.445 e. The number of rotatable bonds is 6. The van der Waals surface area contributed by atoms with E-state index in [0.717, 1.165) is 11.1 Å². The van der Waals surface area contributed by atoms with Gasteiger partial charge in [-0.2, -0.15) is 0 Å². The first-order valence-electron chi connectivity index (χ1n) is 8.77. The zero-order valence-corrected chi connectivity index (χ0v) is 16.1. The first-order valence-corrected chi connectivity index (χ1v) is 9.15. The Balaban J connectivity index is 1.47. The van der Waals surface area contributed by atoms with Gasteiger partial charge in [-0.25, -0.2) is 9.78 Å². The minimum atomic E-state index is -0.554. The van der Waals surface area contributed by atoms with E-state index in [1.807, 2.05) is 0 Å². The summed E-state index contributed by atoms with van der Waals surface area (Å²) in [6, 6.07) is 17.3. The molecule has 2 aromatic carbocycles. The average molecular weight is 411 g/mol. The second-order valence-corrected chi connectivity index (χ2v) is 6.54. The number of nitrogens with zero attached hydrogens (tertiary/aromatic N) is 1. The van der Waals surface area contributed by atoms with Crippen molar-refractivity contribution in [1.29, 1.82) is 0 Å². The molecule has 2 amide bonds. The molecule has 3 rings (SSSR count). The van der Waals surface area contributed by atoms with Crippen LogP contribution in [0.4, 0.5) is 16.2 Å². The highest BCUT2D eigenvalue weighted by Gasteiger charge is 2.08. The van der Waals surface area contributed by atoms with Crippen molar-refractivity contribution in [3.63, 3.8) is 0 Å². The Morgan fingerprint density at radius 1 is 1.00 bits per heavy atom. The third-order valence-corrected chi connectivity index (χ3v) is 4.24. The zero-order valence-electron chi connectivity index (χ0n) is 15.4. The largest absolute Gasteiger partial charge is 0.445 e. The smallest absolute Gasteiger partial charge is 0.407 e. The molecule has 0 saturated carbocycles. The Morgan fingerprint density at radius 3 is 2.41 bits per heavy atom. The number of ether oxygens (including phenoxy) is 1. The molecule has 1 heterocycles. The van der Waals surface area contributed by atoms with E-state index in [1.54, 1.807) is 66.9 Å². The van der Waals surface area contributed by atoms with Crippen molar-refractivity contribution >= 4 is 35.0 Å². The number of pyridine rings is 1. The lowest BCUT2D eigenvalue weighted by molar-refractivity contribution is 0.102. The van der Waals surface area contributed by atoms with Gasteiger partial charge in [-0.3, -0.25) is 4.79 Å². The molecule has 0 bridgehead atoms. The number of para-hydroxylation sites is 2. The monoisotopic (exact) mass is 410 g/mol. The molecule has 0 aliphatic rings. The number of benzene rings is 2. The van der Waals surface area contributed by atoms with Crippen LogP contribution in [0.5, 0.6) is 0 Å². The number of nitrogens with two attached hydrogens (primary N) is 1. The van der Waals surface area contributed by atoms with Crippen molar-refractivity contribution < 1.29 is 14.3 Å². The van der Waals surface area contributed by atoms with E-state index < -0.39 is 6.09 Å². The van der Waals surface area contributed by atoms with Gasteiger partial charge < -0.3 is 21.1 Å². The summed E-state index contributed by atoms with van der Waals surface area (Å²) in [5.41, 5.74) is 8.92. The molecule has 4 N–H and O–H groups in total. The van der Waals surface area contributed by atoms with Crippen LogP contribution < -0.4 is 16.4 Å². The van der Waals surface area contributed by atoms with Gasteiger partial charge in [0, 0.05) is 23.9 Å². The molecule has 148 valence electrons. The normalized spacial score (nSPS) is 10.2. The summed E-state index contributed by atoms with van der Waals surface area (Å²) in [5, 5.41) is 5.79. The summed E-state index contributed by atoms with van der Waals surface area (Å²) in [6.45, 7) is 0.364.